The zero-order valence-electron chi connectivity index (χ0n) is 13.9. The number of furan rings is 1. The molecule has 1 fully saturated rings. The fourth-order valence-electron chi connectivity index (χ4n) is 3.43. The van der Waals surface area contributed by atoms with Crippen LogP contribution in [0.2, 0.25) is 0 Å². The number of amides is 1. The minimum atomic E-state index is -0.0399. The molecule has 1 saturated heterocycles. The highest BCUT2D eigenvalue weighted by Gasteiger charge is 2.28. The normalized spacial score (nSPS) is 17.6. The van der Waals surface area contributed by atoms with E-state index < -0.39 is 0 Å². The summed E-state index contributed by atoms with van der Waals surface area (Å²) in [4.78, 5) is 23.1. The molecule has 4 heterocycles. The number of carbonyl (C=O) groups excluding carboxylic acids is 1. The molecule has 0 N–H and O–H groups in total. The van der Waals surface area contributed by atoms with E-state index >= 15 is 0 Å². The average Bonchev–Trinajstić information content (AvgIpc) is 3.34. The van der Waals surface area contributed by atoms with Crippen molar-refractivity contribution in [2.24, 2.45) is 0 Å². The van der Waals surface area contributed by atoms with E-state index in [0.29, 0.717) is 12.3 Å². The first-order valence-corrected chi connectivity index (χ1v) is 8.54. The predicted octanol–water partition coefficient (Wildman–Crippen LogP) is 2.94. The first-order chi connectivity index (χ1) is 12.3. The molecule has 1 aliphatic heterocycles. The van der Waals surface area contributed by atoms with Crippen LogP contribution in [0.4, 0.5) is 0 Å². The molecule has 3 aromatic rings. The third-order valence-corrected chi connectivity index (χ3v) is 4.66. The number of likely N-dealkylation sites (tertiary alicyclic amines) is 1. The molecule has 0 spiro atoms. The van der Waals surface area contributed by atoms with Crippen molar-refractivity contribution < 1.29 is 9.21 Å². The van der Waals surface area contributed by atoms with Crippen LogP contribution in [0.3, 0.4) is 0 Å². The Morgan fingerprint density at radius 2 is 2.12 bits per heavy atom. The van der Waals surface area contributed by atoms with Crippen molar-refractivity contribution in [3.05, 3.63) is 72.5 Å². The molecule has 0 unspecified atom stereocenters. The Balaban J connectivity index is 1.50. The Labute approximate surface area is 146 Å². The number of hydrogen-bond acceptors (Lipinski definition) is 4. The summed E-state index contributed by atoms with van der Waals surface area (Å²) in [5.74, 6) is 1.64. The van der Waals surface area contributed by atoms with Crippen molar-refractivity contribution in [3.8, 4) is 0 Å². The van der Waals surface area contributed by atoms with Crippen molar-refractivity contribution in [2.75, 3.05) is 13.1 Å². The third-order valence-electron chi connectivity index (χ3n) is 4.66. The van der Waals surface area contributed by atoms with Crippen LogP contribution in [0.1, 0.15) is 40.7 Å². The first kappa shape index (κ1) is 15.6. The largest absolute Gasteiger partial charge is 0.459 e. The number of hydrogen-bond donors (Lipinski definition) is 0. The van der Waals surface area contributed by atoms with Gasteiger partial charge in [0.15, 0.2) is 5.76 Å². The van der Waals surface area contributed by atoms with Crippen LogP contribution in [0.15, 0.2) is 59.7 Å². The van der Waals surface area contributed by atoms with Gasteiger partial charge in [-0.1, -0.05) is 0 Å². The molecule has 0 saturated carbocycles. The Morgan fingerprint density at radius 3 is 2.92 bits per heavy atom. The Kier molecular flexibility index (Phi) is 4.33. The van der Waals surface area contributed by atoms with Crippen LogP contribution >= 0.6 is 0 Å². The molecule has 25 heavy (non-hydrogen) atoms. The molecule has 0 bridgehead atoms. The molecule has 0 aromatic carbocycles. The minimum absolute atomic E-state index is 0.0399. The van der Waals surface area contributed by atoms with Gasteiger partial charge in [-0.25, -0.2) is 4.98 Å². The van der Waals surface area contributed by atoms with Gasteiger partial charge >= 0.3 is 0 Å². The maximum atomic E-state index is 12.5. The number of piperidine rings is 1. The van der Waals surface area contributed by atoms with Gasteiger partial charge in [-0.2, -0.15) is 0 Å². The lowest BCUT2D eigenvalue weighted by Gasteiger charge is -2.32. The Hall–Kier alpha value is -2.89. The average molecular weight is 336 g/mol. The second kappa shape index (κ2) is 6.93. The van der Waals surface area contributed by atoms with Crippen molar-refractivity contribution in [1.29, 1.82) is 0 Å². The van der Waals surface area contributed by atoms with Gasteiger partial charge in [0.2, 0.25) is 0 Å². The van der Waals surface area contributed by atoms with Gasteiger partial charge in [0.25, 0.3) is 5.91 Å². The number of aromatic nitrogens is 3. The summed E-state index contributed by atoms with van der Waals surface area (Å²) in [6.45, 7) is 2.20. The van der Waals surface area contributed by atoms with Gasteiger partial charge in [-0.15, -0.1) is 0 Å². The maximum absolute atomic E-state index is 12.5. The summed E-state index contributed by atoms with van der Waals surface area (Å²) in [6, 6.07) is 7.49. The van der Waals surface area contributed by atoms with Gasteiger partial charge in [0.1, 0.15) is 5.82 Å². The van der Waals surface area contributed by atoms with Crippen molar-refractivity contribution in [3.63, 3.8) is 0 Å². The van der Waals surface area contributed by atoms with E-state index in [1.54, 1.807) is 24.5 Å². The van der Waals surface area contributed by atoms with E-state index in [2.05, 4.69) is 14.5 Å². The molecular weight excluding hydrogens is 316 g/mol. The lowest BCUT2D eigenvalue weighted by atomic mass is 9.96. The fraction of sp³-hybridized carbons (Fsp3) is 0.316. The topological polar surface area (TPSA) is 64.2 Å². The summed E-state index contributed by atoms with van der Waals surface area (Å²) in [5.41, 5.74) is 1.19. The number of imidazole rings is 1. The molecule has 1 aliphatic rings. The number of nitrogens with zero attached hydrogens (tertiary/aromatic N) is 4. The zero-order chi connectivity index (χ0) is 17.1. The number of pyridine rings is 1. The first-order valence-electron chi connectivity index (χ1n) is 8.54. The van der Waals surface area contributed by atoms with E-state index in [9.17, 15) is 4.79 Å². The molecule has 3 aromatic heterocycles. The minimum Gasteiger partial charge on any atom is -0.459 e. The number of carbonyl (C=O) groups is 1. The number of rotatable bonds is 4. The Morgan fingerprint density at radius 1 is 1.24 bits per heavy atom. The Bertz CT molecular complexity index is 826. The summed E-state index contributed by atoms with van der Waals surface area (Å²) in [7, 11) is 0. The second-order valence-corrected chi connectivity index (χ2v) is 6.34. The van der Waals surface area contributed by atoms with E-state index in [1.807, 2.05) is 29.4 Å². The summed E-state index contributed by atoms with van der Waals surface area (Å²) in [6.07, 6.45) is 11.0. The van der Waals surface area contributed by atoms with Gasteiger partial charge in [-0.3, -0.25) is 9.78 Å². The van der Waals surface area contributed by atoms with E-state index in [0.717, 1.165) is 31.8 Å². The lowest BCUT2D eigenvalue weighted by Crippen LogP contribution is -2.39. The smallest absolute Gasteiger partial charge is 0.289 e. The van der Waals surface area contributed by atoms with Crippen molar-refractivity contribution in [1.82, 2.24) is 19.4 Å². The van der Waals surface area contributed by atoms with Gasteiger partial charge < -0.3 is 13.9 Å². The summed E-state index contributed by atoms with van der Waals surface area (Å²) >= 11 is 0. The quantitative estimate of drug-likeness (QED) is 0.735. The second-order valence-electron chi connectivity index (χ2n) is 6.34. The zero-order valence-corrected chi connectivity index (χ0v) is 13.9. The van der Waals surface area contributed by atoms with Crippen LogP contribution in [-0.4, -0.2) is 38.4 Å². The van der Waals surface area contributed by atoms with Crippen LogP contribution in [-0.2, 0) is 6.54 Å². The van der Waals surface area contributed by atoms with Gasteiger partial charge in [-0.05, 0) is 42.7 Å². The molecule has 0 radical (unpaired) electrons. The van der Waals surface area contributed by atoms with Crippen LogP contribution < -0.4 is 0 Å². The van der Waals surface area contributed by atoms with E-state index in [-0.39, 0.29) is 11.8 Å². The van der Waals surface area contributed by atoms with Crippen molar-refractivity contribution >= 4 is 5.91 Å². The monoisotopic (exact) mass is 336 g/mol. The molecule has 1 atom stereocenters. The molecular formula is C19H20N4O2. The third kappa shape index (κ3) is 3.33. The predicted molar refractivity (Wildman–Crippen MR) is 92.2 cm³/mol. The maximum Gasteiger partial charge on any atom is 0.289 e. The van der Waals surface area contributed by atoms with Crippen LogP contribution in [0, 0.1) is 0 Å². The summed E-state index contributed by atoms with van der Waals surface area (Å²) < 4.78 is 7.43. The highest BCUT2D eigenvalue weighted by Crippen LogP contribution is 2.27. The lowest BCUT2D eigenvalue weighted by molar-refractivity contribution is 0.0671. The molecule has 6 heteroatoms. The highest BCUT2D eigenvalue weighted by molar-refractivity contribution is 5.91. The standard InChI is InChI=1S/C19H20N4O2/c24-19(17-4-2-12-25-17)23-10-1-3-16(14-23)18-21-9-11-22(18)13-15-5-7-20-8-6-15/h2,4-9,11-12,16H,1,3,10,13-14H2/t16-/m1/s1. The van der Waals surface area contributed by atoms with Crippen molar-refractivity contribution in [2.45, 2.75) is 25.3 Å². The van der Waals surface area contributed by atoms with E-state index in [1.165, 1.54) is 11.8 Å². The molecule has 1 amide bonds. The molecule has 6 nitrogen and oxygen atoms in total. The molecule has 0 aliphatic carbocycles. The fourth-order valence-corrected chi connectivity index (χ4v) is 3.43. The van der Waals surface area contributed by atoms with Gasteiger partial charge in [0.05, 0.1) is 6.26 Å². The molecule has 128 valence electrons. The van der Waals surface area contributed by atoms with Crippen LogP contribution in [0.5, 0.6) is 0 Å². The van der Waals surface area contributed by atoms with Gasteiger partial charge in [0, 0.05) is 50.3 Å². The summed E-state index contributed by atoms with van der Waals surface area (Å²) in [5, 5.41) is 0. The highest BCUT2D eigenvalue weighted by atomic mass is 16.3. The SMILES string of the molecule is O=C(c1ccco1)N1CCC[C@@H](c2nccn2Cc2ccncc2)C1. The van der Waals surface area contributed by atoms with Crippen LogP contribution in [0.25, 0.3) is 0 Å². The molecule has 4 rings (SSSR count). The van der Waals surface area contributed by atoms with E-state index in [4.69, 9.17) is 4.42 Å².